The molecule has 1 aromatic heterocycles. The molecular weight excluding hydrogens is 336 g/mol. The molecule has 82 valence electrons. The largest absolute Gasteiger partial charge is 0.455 e. The van der Waals surface area contributed by atoms with E-state index in [2.05, 4.69) is 36.8 Å². The fourth-order valence-corrected chi connectivity index (χ4v) is 2.00. The molecular formula is C11H8Br2N2O. The highest BCUT2D eigenvalue weighted by Gasteiger charge is 2.03. The summed E-state index contributed by atoms with van der Waals surface area (Å²) in [5, 5.41) is 0. The Morgan fingerprint density at radius 1 is 1.12 bits per heavy atom. The molecule has 5 heteroatoms. The Morgan fingerprint density at radius 3 is 2.62 bits per heavy atom. The Kier molecular flexibility index (Phi) is 3.46. The van der Waals surface area contributed by atoms with Crippen molar-refractivity contribution in [2.75, 3.05) is 5.73 Å². The van der Waals surface area contributed by atoms with Crippen molar-refractivity contribution in [1.82, 2.24) is 4.98 Å². The van der Waals surface area contributed by atoms with Gasteiger partial charge in [-0.3, -0.25) is 4.98 Å². The second kappa shape index (κ2) is 4.84. The van der Waals surface area contributed by atoms with Crippen LogP contribution in [0.2, 0.25) is 0 Å². The van der Waals surface area contributed by atoms with Crippen LogP contribution in [0.1, 0.15) is 0 Å². The second-order valence-electron chi connectivity index (χ2n) is 3.13. The summed E-state index contributed by atoms with van der Waals surface area (Å²) in [6.07, 6.45) is 3.35. The highest BCUT2D eigenvalue weighted by atomic mass is 79.9. The first-order chi connectivity index (χ1) is 7.65. The van der Waals surface area contributed by atoms with Gasteiger partial charge in [0, 0.05) is 16.4 Å². The zero-order chi connectivity index (χ0) is 11.5. The van der Waals surface area contributed by atoms with E-state index < -0.39 is 0 Å². The van der Waals surface area contributed by atoms with E-state index in [4.69, 9.17) is 10.5 Å². The number of benzene rings is 1. The molecule has 2 aromatic rings. The third-order valence-electron chi connectivity index (χ3n) is 1.86. The van der Waals surface area contributed by atoms with Crippen LogP contribution in [0.5, 0.6) is 11.5 Å². The second-order valence-corrected chi connectivity index (χ2v) is 4.90. The maximum Gasteiger partial charge on any atom is 0.146 e. The minimum absolute atomic E-state index is 0.667. The number of nitrogens with zero attached hydrogens (tertiary/aromatic N) is 1. The van der Waals surface area contributed by atoms with E-state index in [0.29, 0.717) is 17.2 Å². The molecule has 0 aliphatic rings. The van der Waals surface area contributed by atoms with Gasteiger partial charge in [-0.2, -0.15) is 0 Å². The van der Waals surface area contributed by atoms with Gasteiger partial charge in [0.2, 0.25) is 0 Å². The van der Waals surface area contributed by atoms with Gasteiger partial charge in [0.15, 0.2) is 0 Å². The number of hydrogen-bond donors (Lipinski definition) is 1. The quantitative estimate of drug-likeness (QED) is 0.839. The monoisotopic (exact) mass is 342 g/mol. The van der Waals surface area contributed by atoms with Crippen LogP contribution >= 0.6 is 31.9 Å². The van der Waals surface area contributed by atoms with Crippen molar-refractivity contribution in [2.24, 2.45) is 0 Å². The Balaban J connectivity index is 2.27. The molecule has 2 rings (SSSR count). The Morgan fingerprint density at radius 2 is 1.94 bits per heavy atom. The van der Waals surface area contributed by atoms with Crippen molar-refractivity contribution < 1.29 is 4.74 Å². The van der Waals surface area contributed by atoms with Crippen molar-refractivity contribution in [3.8, 4) is 11.5 Å². The summed E-state index contributed by atoms with van der Waals surface area (Å²) in [6.45, 7) is 0. The molecule has 0 saturated heterocycles. The molecule has 2 N–H and O–H groups in total. The predicted molar refractivity (Wildman–Crippen MR) is 70.6 cm³/mol. The van der Waals surface area contributed by atoms with E-state index in [0.717, 1.165) is 8.95 Å². The predicted octanol–water partition coefficient (Wildman–Crippen LogP) is 3.98. The molecule has 1 aromatic carbocycles. The SMILES string of the molecule is Nc1ccc(Oc2cncc(Br)c2)c(Br)c1. The highest BCUT2D eigenvalue weighted by Crippen LogP contribution is 2.31. The summed E-state index contributed by atoms with van der Waals surface area (Å²) in [6, 6.07) is 7.22. The van der Waals surface area contributed by atoms with E-state index in [-0.39, 0.29) is 0 Å². The van der Waals surface area contributed by atoms with Gasteiger partial charge < -0.3 is 10.5 Å². The average Bonchev–Trinajstić information content (AvgIpc) is 2.22. The fourth-order valence-electron chi connectivity index (χ4n) is 1.18. The number of rotatable bonds is 2. The summed E-state index contributed by atoms with van der Waals surface area (Å²) in [7, 11) is 0. The smallest absolute Gasteiger partial charge is 0.146 e. The van der Waals surface area contributed by atoms with Crippen LogP contribution < -0.4 is 10.5 Å². The van der Waals surface area contributed by atoms with Crippen molar-refractivity contribution >= 4 is 37.5 Å². The molecule has 0 aliphatic heterocycles. The maximum atomic E-state index is 5.65. The van der Waals surface area contributed by atoms with Gasteiger partial charge in [0.05, 0.1) is 10.7 Å². The van der Waals surface area contributed by atoms with Gasteiger partial charge >= 0.3 is 0 Å². The minimum Gasteiger partial charge on any atom is -0.455 e. The van der Waals surface area contributed by atoms with Crippen LogP contribution in [0.15, 0.2) is 45.6 Å². The molecule has 0 fully saturated rings. The number of halogens is 2. The Bertz CT molecular complexity index is 517. The lowest BCUT2D eigenvalue weighted by Gasteiger charge is -2.07. The van der Waals surface area contributed by atoms with E-state index in [1.807, 2.05) is 6.07 Å². The third-order valence-corrected chi connectivity index (χ3v) is 2.92. The molecule has 0 bridgehead atoms. The number of aromatic nitrogens is 1. The average molecular weight is 344 g/mol. The molecule has 0 saturated carbocycles. The normalized spacial score (nSPS) is 10.1. The van der Waals surface area contributed by atoms with Crippen molar-refractivity contribution in [3.63, 3.8) is 0 Å². The first kappa shape index (κ1) is 11.4. The van der Waals surface area contributed by atoms with Gasteiger partial charge in [0.25, 0.3) is 0 Å². The van der Waals surface area contributed by atoms with Crippen LogP contribution in [0.4, 0.5) is 5.69 Å². The first-order valence-electron chi connectivity index (χ1n) is 4.48. The molecule has 0 unspecified atom stereocenters. The molecule has 3 nitrogen and oxygen atoms in total. The van der Waals surface area contributed by atoms with Crippen molar-refractivity contribution in [3.05, 3.63) is 45.6 Å². The molecule has 1 heterocycles. The number of pyridine rings is 1. The minimum atomic E-state index is 0.667. The molecule has 0 amide bonds. The van der Waals surface area contributed by atoms with Gasteiger partial charge in [-0.15, -0.1) is 0 Å². The molecule has 0 spiro atoms. The molecule has 0 radical (unpaired) electrons. The van der Waals surface area contributed by atoms with Gasteiger partial charge in [-0.1, -0.05) is 0 Å². The zero-order valence-electron chi connectivity index (χ0n) is 8.15. The zero-order valence-corrected chi connectivity index (χ0v) is 11.3. The number of nitrogen functional groups attached to an aromatic ring is 1. The summed E-state index contributed by atoms with van der Waals surface area (Å²) in [4.78, 5) is 4.02. The Labute approximate surface area is 110 Å². The summed E-state index contributed by atoms with van der Waals surface area (Å²) < 4.78 is 7.33. The third kappa shape index (κ3) is 2.74. The molecule has 0 atom stereocenters. The van der Waals surface area contributed by atoms with Crippen LogP contribution in [-0.4, -0.2) is 4.98 Å². The van der Waals surface area contributed by atoms with Crippen molar-refractivity contribution in [1.29, 1.82) is 0 Å². The van der Waals surface area contributed by atoms with E-state index in [9.17, 15) is 0 Å². The first-order valence-corrected chi connectivity index (χ1v) is 6.07. The maximum absolute atomic E-state index is 5.65. The number of ether oxygens (including phenoxy) is 1. The highest BCUT2D eigenvalue weighted by molar-refractivity contribution is 9.10. The lowest BCUT2D eigenvalue weighted by atomic mass is 10.3. The molecule has 16 heavy (non-hydrogen) atoms. The van der Waals surface area contributed by atoms with Gasteiger partial charge in [0.1, 0.15) is 11.5 Å². The summed E-state index contributed by atoms with van der Waals surface area (Å²) in [5.41, 5.74) is 6.33. The van der Waals surface area contributed by atoms with Gasteiger partial charge in [-0.05, 0) is 56.1 Å². The fraction of sp³-hybridized carbons (Fsp3) is 0. The number of nitrogens with two attached hydrogens (primary N) is 1. The molecule has 0 aliphatic carbocycles. The van der Waals surface area contributed by atoms with Crippen LogP contribution in [0.25, 0.3) is 0 Å². The number of hydrogen-bond acceptors (Lipinski definition) is 3. The van der Waals surface area contributed by atoms with E-state index >= 15 is 0 Å². The van der Waals surface area contributed by atoms with E-state index in [1.54, 1.807) is 30.6 Å². The number of anilines is 1. The lowest BCUT2D eigenvalue weighted by Crippen LogP contribution is -1.89. The summed E-state index contributed by atoms with van der Waals surface area (Å²) in [5.74, 6) is 1.37. The standard InChI is InChI=1S/C11H8Br2N2O/c12-7-3-9(6-15-5-7)16-11-2-1-8(14)4-10(11)13/h1-6H,14H2. The lowest BCUT2D eigenvalue weighted by molar-refractivity contribution is 0.477. The van der Waals surface area contributed by atoms with Crippen LogP contribution in [0, 0.1) is 0 Å². The van der Waals surface area contributed by atoms with Crippen LogP contribution in [0.3, 0.4) is 0 Å². The summed E-state index contributed by atoms with van der Waals surface area (Å²) >= 11 is 6.72. The van der Waals surface area contributed by atoms with Gasteiger partial charge in [-0.25, -0.2) is 0 Å². The van der Waals surface area contributed by atoms with E-state index in [1.165, 1.54) is 0 Å². The van der Waals surface area contributed by atoms with Crippen LogP contribution in [-0.2, 0) is 0 Å². The Hall–Kier alpha value is -1.07. The topological polar surface area (TPSA) is 48.1 Å². The van der Waals surface area contributed by atoms with Crippen molar-refractivity contribution in [2.45, 2.75) is 0 Å².